The molecule has 9 heteroatoms. The summed E-state index contributed by atoms with van der Waals surface area (Å²) in [5.41, 5.74) is 2.77. The third-order valence-corrected chi connectivity index (χ3v) is 5.86. The van der Waals surface area contributed by atoms with Gasteiger partial charge in [0.2, 0.25) is 12.2 Å². The van der Waals surface area contributed by atoms with Crippen molar-refractivity contribution >= 4 is 11.3 Å². The minimum Gasteiger partial charge on any atom is -0.318 e. The maximum Gasteiger partial charge on any atom is 0.235 e. The lowest BCUT2D eigenvalue weighted by atomic mass is 9.98. The normalized spacial score (nSPS) is 27.6. The Morgan fingerprint density at radius 3 is 2.89 bits per heavy atom. The van der Waals surface area contributed by atoms with E-state index in [1.54, 1.807) is 23.9 Å². The molecule has 2 fully saturated rings. The van der Waals surface area contributed by atoms with Crippen molar-refractivity contribution in [2.24, 2.45) is 0 Å². The van der Waals surface area contributed by atoms with Gasteiger partial charge in [0.1, 0.15) is 12.0 Å². The zero-order valence-electron chi connectivity index (χ0n) is 15.1. The molecule has 0 aromatic carbocycles. The topological polar surface area (TPSA) is 87.0 Å². The van der Waals surface area contributed by atoms with Gasteiger partial charge in [0.05, 0.1) is 16.7 Å². The van der Waals surface area contributed by atoms with Crippen LogP contribution in [0.2, 0.25) is 0 Å². The smallest absolute Gasteiger partial charge is 0.235 e. The molecule has 8 nitrogen and oxygen atoms in total. The summed E-state index contributed by atoms with van der Waals surface area (Å²) in [7, 11) is 0. The highest BCUT2D eigenvalue weighted by Crippen LogP contribution is 2.40. The van der Waals surface area contributed by atoms with E-state index in [9.17, 15) is 0 Å². The molecular weight excluding hydrogens is 364 g/mol. The summed E-state index contributed by atoms with van der Waals surface area (Å²) < 4.78 is 13.0. The second kappa shape index (κ2) is 6.75. The van der Waals surface area contributed by atoms with Crippen molar-refractivity contribution in [3.8, 4) is 5.95 Å². The van der Waals surface area contributed by atoms with Crippen LogP contribution in [0.25, 0.3) is 5.95 Å². The van der Waals surface area contributed by atoms with Crippen LogP contribution in [0, 0.1) is 6.92 Å². The molecule has 140 valence electrons. The van der Waals surface area contributed by atoms with E-state index < -0.39 is 0 Å². The largest absolute Gasteiger partial charge is 0.318 e. The van der Waals surface area contributed by atoms with Gasteiger partial charge in [-0.15, -0.1) is 11.3 Å². The first kappa shape index (κ1) is 16.9. The van der Waals surface area contributed by atoms with Crippen molar-refractivity contribution in [1.82, 2.24) is 29.8 Å². The number of thiazole rings is 1. The summed E-state index contributed by atoms with van der Waals surface area (Å²) in [5, 5.41) is 6.70. The van der Waals surface area contributed by atoms with Gasteiger partial charge in [-0.2, -0.15) is 0 Å². The van der Waals surface area contributed by atoms with Gasteiger partial charge in [-0.25, -0.2) is 19.9 Å². The van der Waals surface area contributed by atoms with Crippen molar-refractivity contribution in [1.29, 1.82) is 0 Å². The highest BCUT2D eigenvalue weighted by molar-refractivity contribution is 7.09. The fourth-order valence-electron chi connectivity index (χ4n) is 3.59. The molecule has 5 rings (SSSR count). The summed E-state index contributed by atoms with van der Waals surface area (Å²) in [6.45, 7) is 4.81. The predicted molar refractivity (Wildman–Crippen MR) is 98.5 cm³/mol. The Labute approximate surface area is 160 Å². The first-order valence-electron chi connectivity index (χ1n) is 9.01. The summed E-state index contributed by atoms with van der Waals surface area (Å²) in [5.74, 6) is 0.909. The van der Waals surface area contributed by atoms with E-state index in [0.717, 1.165) is 35.1 Å². The average Bonchev–Trinajstić information content (AvgIpc) is 3.39. The number of aryl methyl sites for hydroxylation is 1. The lowest BCUT2D eigenvalue weighted by Gasteiger charge is -2.32. The first-order chi connectivity index (χ1) is 13.2. The summed E-state index contributed by atoms with van der Waals surface area (Å²) in [4.78, 5) is 18.2. The zero-order valence-corrected chi connectivity index (χ0v) is 15.9. The number of hydrogen-bond donors (Lipinski definition) is 1. The number of nitrogens with zero attached hydrogens (tertiary/aromatic N) is 5. The molecule has 1 N–H and O–H groups in total. The predicted octanol–water partition coefficient (Wildman–Crippen LogP) is 2.64. The van der Waals surface area contributed by atoms with Crippen LogP contribution in [0.5, 0.6) is 0 Å². The van der Waals surface area contributed by atoms with E-state index in [-0.39, 0.29) is 24.5 Å². The third kappa shape index (κ3) is 3.16. The minimum atomic E-state index is -0.327. The highest BCUT2D eigenvalue weighted by atomic mass is 32.1. The van der Waals surface area contributed by atoms with Gasteiger partial charge in [0, 0.05) is 29.4 Å². The molecule has 0 bridgehead atoms. The van der Waals surface area contributed by atoms with Crippen LogP contribution in [-0.2, 0) is 9.47 Å². The van der Waals surface area contributed by atoms with Crippen molar-refractivity contribution in [3.63, 3.8) is 0 Å². The van der Waals surface area contributed by atoms with Crippen LogP contribution in [0.3, 0.4) is 0 Å². The van der Waals surface area contributed by atoms with Crippen LogP contribution >= 0.6 is 11.3 Å². The third-order valence-electron chi connectivity index (χ3n) is 4.87. The maximum atomic E-state index is 5.56. The van der Waals surface area contributed by atoms with E-state index >= 15 is 0 Å². The molecule has 3 aromatic heterocycles. The second-order valence-corrected chi connectivity index (χ2v) is 7.70. The van der Waals surface area contributed by atoms with Crippen LogP contribution in [0.4, 0.5) is 0 Å². The summed E-state index contributed by atoms with van der Waals surface area (Å²) in [6.07, 6.45) is 5.84. The van der Waals surface area contributed by atoms with Gasteiger partial charge in [-0.05, 0) is 32.9 Å². The van der Waals surface area contributed by atoms with Crippen LogP contribution in [0.15, 0.2) is 30.2 Å². The van der Waals surface area contributed by atoms with E-state index in [1.165, 1.54) is 0 Å². The van der Waals surface area contributed by atoms with Gasteiger partial charge >= 0.3 is 0 Å². The van der Waals surface area contributed by atoms with Gasteiger partial charge in [-0.1, -0.05) is 0 Å². The number of aromatic nitrogens is 5. The quantitative estimate of drug-likeness (QED) is 0.740. The Bertz CT molecular complexity index is 937. The Kier molecular flexibility index (Phi) is 4.24. The maximum absolute atomic E-state index is 5.56. The molecule has 2 aliphatic rings. The molecule has 27 heavy (non-hydrogen) atoms. The molecule has 5 heterocycles. The molecule has 2 aliphatic heterocycles. The molecule has 0 saturated carbocycles. The SMILES string of the molecule is Cc1cc(C2NCCC2c2nc(C3OC(C)O3)cs2)nc(-n2ccnc2)n1. The lowest BCUT2D eigenvalue weighted by molar-refractivity contribution is -0.383. The number of ether oxygens (including phenoxy) is 2. The van der Waals surface area contributed by atoms with Crippen molar-refractivity contribution < 1.29 is 9.47 Å². The lowest BCUT2D eigenvalue weighted by Crippen LogP contribution is -2.31. The fraction of sp³-hybridized carbons (Fsp3) is 0.444. The van der Waals surface area contributed by atoms with Crippen molar-refractivity contribution in [3.05, 3.63) is 52.3 Å². The standard InChI is InChI=1S/C18H20N6O2S/c1-10-7-13(23-18(21-10)24-6-5-19-9-24)15-12(3-4-20-15)16-22-14(8-27-16)17-25-11(2)26-17/h5-9,11-12,15,17,20H,3-4H2,1-2H3. The van der Waals surface area contributed by atoms with Crippen LogP contribution in [-0.4, -0.2) is 37.3 Å². The molecular formula is C18H20N6O2S. The molecule has 2 unspecified atom stereocenters. The molecule has 2 saturated heterocycles. The number of rotatable bonds is 4. The number of hydrogen-bond acceptors (Lipinski definition) is 8. The van der Waals surface area contributed by atoms with E-state index in [1.807, 2.05) is 36.1 Å². The number of nitrogens with one attached hydrogen (secondary N) is 1. The molecule has 0 amide bonds. The van der Waals surface area contributed by atoms with Crippen molar-refractivity contribution in [2.75, 3.05) is 6.54 Å². The van der Waals surface area contributed by atoms with E-state index in [2.05, 4.69) is 15.3 Å². The highest BCUT2D eigenvalue weighted by Gasteiger charge is 2.35. The monoisotopic (exact) mass is 384 g/mol. The second-order valence-electron chi connectivity index (χ2n) is 6.81. The average molecular weight is 384 g/mol. The molecule has 0 spiro atoms. The fourth-order valence-corrected chi connectivity index (χ4v) is 4.58. The zero-order chi connectivity index (χ0) is 18.4. The Morgan fingerprint density at radius 1 is 1.22 bits per heavy atom. The van der Waals surface area contributed by atoms with Crippen molar-refractivity contribution in [2.45, 2.75) is 44.8 Å². The minimum absolute atomic E-state index is 0.107. The molecule has 0 aliphatic carbocycles. The van der Waals surface area contributed by atoms with Crippen LogP contribution in [0.1, 0.15) is 53.7 Å². The first-order valence-corrected chi connectivity index (χ1v) is 9.89. The molecule has 3 aromatic rings. The Balaban J connectivity index is 1.43. The molecule has 2 atom stereocenters. The van der Waals surface area contributed by atoms with Gasteiger partial charge in [0.25, 0.3) is 0 Å². The van der Waals surface area contributed by atoms with Gasteiger partial charge < -0.3 is 14.8 Å². The summed E-state index contributed by atoms with van der Waals surface area (Å²) in [6, 6.07) is 2.15. The van der Waals surface area contributed by atoms with Crippen LogP contribution < -0.4 is 5.32 Å². The molecule has 0 radical (unpaired) electrons. The van der Waals surface area contributed by atoms with E-state index in [4.69, 9.17) is 19.4 Å². The Morgan fingerprint density at radius 2 is 2.11 bits per heavy atom. The summed E-state index contributed by atoms with van der Waals surface area (Å²) >= 11 is 1.66. The Hall–Kier alpha value is -2.20. The van der Waals surface area contributed by atoms with Gasteiger partial charge in [0.15, 0.2) is 6.29 Å². The number of imidazole rings is 1. The van der Waals surface area contributed by atoms with E-state index in [0.29, 0.717) is 5.95 Å². The van der Waals surface area contributed by atoms with Gasteiger partial charge in [-0.3, -0.25) is 4.57 Å².